The Kier molecular flexibility index (Phi) is 1.71. The van der Waals surface area contributed by atoms with Crippen molar-refractivity contribution in [1.29, 1.82) is 0 Å². The van der Waals surface area contributed by atoms with Gasteiger partial charge >= 0.3 is 0 Å². The van der Waals surface area contributed by atoms with E-state index in [1.54, 1.807) is 6.07 Å². The number of carbonyl (C=O) groups is 1. The molecule has 3 nitrogen and oxygen atoms in total. The van der Waals surface area contributed by atoms with Crippen LogP contribution in [0.5, 0.6) is 0 Å². The maximum Gasteiger partial charge on any atom is 0.247 e. The Balaban J connectivity index is 2.12. The summed E-state index contributed by atoms with van der Waals surface area (Å²) in [5, 5.41) is 2.81. The SMILES string of the molecule is O=C1Nc2ccc(F)cc2N2CCC[C@@H]12. The predicted octanol–water partition coefficient (Wildman–Crippen LogP) is 1.75. The van der Waals surface area contributed by atoms with Gasteiger partial charge in [0.2, 0.25) is 5.91 Å². The van der Waals surface area contributed by atoms with E-state index in [0.29, 0.717) is 0 Å². The third-order valence-electron chi connectivity index (χ3n) is 3.08. The number of rotatable bonds is 0. The minimum atomic E-state index is -0.254. The number of amides is 1. The number of fused-ring (bicyclic) bond motifs is 3. The molecule has 0 saturated carbocycles. The molecule has 4 heteroatoms. The number of hydrogen-bond donors (Lipinski definition) is 1. The summed E-state index contributed by atoms with van der Waals surface area (Å²) in [5.41, 5.74) is 1.54. The molecule has 15 heavy (non-hydrogen) atoms. The summed E-state index contributed by atoms with van der Waals surface area (Å²) in [6.45, 7) is 0.842. The van der Waals surface area contributed by atoms with Gasteiger partial charge in [0.1, 0.15) is 11.9 Å². The average Bonchev–Trinajstić information content (AvgIpc) is 2.69. The van der Waals surface area contributed by atoms with Gasteiger partial charge in [-0.2, -0.15) is 0 Å². The number of nitrogens with zero attached hydrogens (tertiary/aromatic N) is 1. The van der Waals surface area contributed by atoms with Gasteiger partial charge in [-0.05, 0) is 31.0 Å². The lowest BCUT2D eigenvalue weighted by atomic mass is 10.1. The molecule has 3 rings (SSSR count). The van der Waals surface area contributed by atoms with Gasteiger partial charge < -0.3 is 10.2 Å². The average molecular weight is 206 g/mol. The molecule has 78 valence electrons. The second-order valence-corrected chi connectivity index (χ2v) is 4.00. The van der Waals surface area contributed by atoms with E-state index in [-0.39, 0.29) is 17.8 Å². The topological polar surface area (TPSA) is 32.3 Å². The van der Waals surface area contributed by atoms with Crippen LogP contribution in [0.4, 0.5) is 15.8 Å². The fourth-order valence-electron chi connectivity index (χ4n) is 2.39. The monoisotopic (exact) mass is 206 g/mol. The number of benzene rings is 1. The first-order valence-corrected chi connectivity index (χ1v) is 5.13. The maximum absolute atomic E-state index is 13.1. The molecule has 0 unspecified atom stereocenters. The van der Waals surface area contributed by atoms with Crippen molar-refractivity contribution in [3.63, 3.8) is 0 Å². The van der Waals surface area contributed by atoms with Gasteiger partial charge in [-0.1, -0.05) is 0 Å². The highest BCUT2D eigenvalue weighted by Crippen LogP contribution is 2.36. The van der Waals surface area contributed by atoms with Crippen LogP contribution in [-0.2, 0) is 4.79 Å². The normalized spacial score (nSPS) is 23.4. The van der Waals surface area contributed by atoms with Gasteiger partial charge in [0.25, 0.3) is 0 Å². The molecule has 1 saturated heterocycles. The Morgan fingerprint density at radius 2 is 2.33 bits per heavy atom. The Morgan fingerprint density at radius 1 is 1.47 bits per heavy atom. The van der Waals surface area contributed by atoms with E-state index in [9.17, 15) is 9.18 Å². The largest absolute Gasteiger partial charge is 0.358 e. The van der Waals surface area contributed by atoms with Crippen LogP contribution >= 0.6 is 0 Å². The van der Waals surface area contributed by atoms with Crippen LogP contribution in [0.15, 0.2) is 18.2 Å². The molecule has 1 fully saturated rings. The molecule has 1 amide bonds. The molecule has 2 heterocycles. The van der Waals surface area contributed by atoms with E-state index >= 15 is 0 Å². The van der Waals surface area contributed by atoms with E-state index in [1.165, 1.54) is 12.1 Å². The van der Waals surface area contributed by atoms with Crippen molar-refractivity contribution in [1.82, 2.24) is 0 Å². The second kappa shape index (κ2) is 2.95. The predicted molar refractivity (Wildman–Crippen MR) is 55.4 cm³/mol. The Morgan fingerprint density at radius 3 is 3.20 bits per heavy atom. The first-order chi connectivity index (χ1) is 7.25. The lowest BCUT2D eigenvalue weighted by molar-refractivity contribution is -0.117. The zero-order valence-electron chi connectivity index (χ0n) is 8.16. The van der Waals surface area contributed by atoms with Gasteiger partial charge in [0.15, 0.2) is 0 Å². The lowest BCUT2D eigenvalue weighted by Crippen LogP contribution is -2.43. The van der Waals surface area contributed by atoms with Crippen LogP contribution in [0, 0.1) is 5.82 Å². The highest BCUT2D eigenvalue weighted by Gasteiger charge is 2.36. The zero-order chi connectivity index (χ0) is 10.4. The molecule has 0 spiro atoms. The number of hydrogen-bond acceptors (Lipinski definition) is 2. The van der Waals surface area contributed by atoms with E-state index in [1.807, 2.05) is 4.90 Å². The quantitative estimate of drug-likeness (QED) is 0.701. The third kappa shape index (κ3) is 1.21. The molecule has 1 atom stereocenters. The molecule has 0 aliphatic carbocycles. The van der Waals surface area contributed by atoms with Gasteiger partial charge in [-0.25, -0.2) is 4.39 Å². The summed E-state index contributed by atoms with van der Waals surface area (Å²) in [5.74, 6) is -0.220. The molecule has 0 aromatic heterocycles. The Hall–Kier alpha value is -1.58. The summed E-state index contributed by atoms with van der Waals surface area (Å²) in [4.78, 5) is 13.7. The zero-order valence-corrected chi connectivity index (χ0v) is 8.16. The summed E-state index contributed by atoms with van der Waals surface area (Å²) in [7, 11) is 0. The van der Waals surface area contributed by atoms with Crippen molar-refractivity contribution in [2.45, 2.75) is 18.9 Å². The highest BCUT2D eigenvalue weighted by atomic mass is 19.1. The maximum atomic E-state index is 13.1. The first kappa shape index (κ1) is 8.71. The van der Waals surface area contributed by atoms with Crippen molar-refractivity contribution in [2.75, 3.05) is 16.8 Å². The highest BCUT2D eigenvalue weighted by molar-refractivity contribution is 6.03. The summed E-state index contributed by atoms with van der Waals surface area (Å²) in [6, 6.07) is 4.39. The first-order valence-electron chi connectivity index (χ1n) is 5.13. The second-order valence-electron chi connectivity index (χ2n) is 4.00. The summed E-state index contributed by atoms with van der Waals surface area (Å²) >= 11 is 0. The number of carbonyl (C=O) groups excluding carboxylic acids is 1. The van der Waals surface area contributed by atoms with Gasteiger partial charge in [-0.3, -0.25) is 4.79 Å². The van der Waals surface area contributed by atoms with Crippen molar-refractivity contribution in [3.8, 4) is 0 Å². The van der Waals surface area contributed by atoms with E-state index in [0.717, 1.165) is 30.8 Å². The van der Waals surface area contributed by atoms with E-state index in [2.05, 4.69) is 5.32 Å². The Bertz CT molecular complexity index is 433. The molecule has 1 N–H and O–H groups in total. The number of anilines is 2. The van der Waals surface area contributed by atoms with Gasteiger partial charge in [0, 0.05) is 6.54 Å². The molecule has 0 radical (unpaired) electrons. The van der Waals surface area contributed by atoms with Crippen LogP contribution < -0.4 is 10.2 Å². The Labute approximate surface area is 86.9 Å². The van der Waals surface area contributed by atoms with E-state index < -0.39 is 0 Å². The van der Waals surface area contributed by atoms with Crippen LogP contribution in [0.1, 0.15) is 12.8 Å². The van der Waals surface area contributed by atoms with Crippen LogP contribution in [0.2, 0.25) is 0 Å². The summed E-state index contributed by atoms with van der Waals surface area (Å²) in [6.07, 6.45) is 1.86. The van der Waals surface area contributed by atoms with Crippen molar-refractivity contribution < 1.29 is 9.18 Å². The van der Waals surface area contributed by atoms with Crippen LogP contribution in [0.25, 0.3) is 0 Å². The minimum Gasteiger partial charge on any atom is -0.358 e. The number of nitrogens with one attached hydrogen (secondary N) is 1. The molecule has 1 aromatic rings. The molecule has 1 aromatic carbocycles. The molecular formula is C11H11FN2O. The fraction of sp³-hybridized carbons (Fsp3) is 0.364. The lowest BCUT2D eigenvalue weighted by Gasteiger charge is -2.32. The molecule has 0 bridgehead atoms. The summed E-state index contributed by atoms with van der Waals surface area (Å²) < 4.78 is 13.1. The third-order valence-corrected chi connectivity index (χ3v) is 3.08. The smallest absolute Gasteiger partial charge is 0.247 e. The molecule has 2 aliphatic rings. The van der Waals surface area contributed by atoms with E-state index in [4.69, 9.17) is 0 Å². The van der Waals surface area contributed by atoms with Crippen LogP contribution in [0.3, 0.4) is 0 Å². The fourth-order valence-corrected chi connectivity index (χ4v) is 2.39. The van der Waals surface area contributed by atoms with Crippen LogP contribution in [-0.4, -0.2) is 18.5 Å². The van der Waals surface area contributed by atoms with Gasteiger partial charge in [0.05, 0.1) is 11.4 Å². The van der Waals surface area contributed by atoms with Crippen molar-refractivity contribution >= 4 is 17.3 Å². The molecular weight excluding hydrogens is 195 g/mol. The number of halogens is 1. The van der Waals surface area contributed by atoms with Gasteiger partial charge in [-0.15, -0.1) is 0 Å². The van der Waals surface area contributed by atoms with Crippen molar-refractivity contribution in [3.05, 3.63) is 24.0 Å². The minimum absolute atomic E-state index is 0.0339. The standard InChI is InChI=1S/C11H11FN2O/c12-7-3-4-8-10(6-7)14-5-1-2-9(14)11(15)13-8/h3-4,6,9H,1-2,5H2,(H,13,15)/t9-/m0/s1. The van der Waals surface area contributed by atoms with Crippen molar-refractivity contribution in [2.24, 2.45) is 0 Å². The molecule has 2 aliphatic heterocycles.